The van der Waals surface area contributed by atoms with Gasteiger partial charge in [0.2, 0.25) is 5.91 Å². The van der Waals surface area contributed by atoms with Crippen LogP contribution in [0.1, 0.15) is 45.8 Å². The van der Waals surface area contributed by atoms with E-state index in [1.807, 2.05) is 81.1 Å². The quantitative estimate of drug-likeness (QED) is 0.776. The van der Waals surface area contributed by atoms with Crippen LogP contribution < -0.4 is 10.6 Å². The van der Waals surface area contributed by atoms with Crippen LogP contribution in [0.15, 0.2) is 60.7 Å². The number of carbonyl (C=O) groups is 2. The Bertz CT molecular complexity index is 730. The number of para-hydroxylation sites is 1. The number of primary amides is 1. The number of amides is 2. The van der Waals surface area contributed by atoms with Crippen molar-refractivity contribution in [2.24, 2.45) is 5.73 Å². The highest BCUT2D eigenvalue weighted by molar-refractivity contribution is 5.78. The standard InChI is InChI=1S/C20H23N3O3.2C2H6/c21-20(25)26-18(16-7-3-1-4-8-16)15-19(24)23-13-11-22(12-14-23)17-9-5-2-6-10-17;2*1-2/h1-10,18H,11-15H2,(H2,21,25);2*1-2H3. The van der Waals surface area contributed by atoms with Gasteiger partial charge < -0.3 is 20.3 Å². The van der Waals surface area contributed by atoms with Gasteiger partial charge in [-0.15, -0.1) is 0 Å². The second kappa shape index (κ2) is 14.0. The molecule has 1 aliphatic heterocycles. The number of benzene rings is 2. The monoisotopic (exact) mass is 413 g/mol. The number of nitrogens with zero attached hydrogens (tertiary/aromatic N) is 2. The first-order valence-corrected chi connectivity index (χ1v) is 10.7. The first-order chi connectivity index (χ1) is 14.6. The fraction of sp³-hybridized carbons (Fsp3) is 0.417. The molecule has 2 aromatic carbocycles. The summed E-state index contributed by atoms with van der Waals surface area (Å²) < 4.78 is 5.17. The molecule has 1 heterocycles. The van der Waals surface area contributed by atoms with Crippen molar-refractivity contribution in [3.63, 3.8) is 0 Å². The van der Waals surface area contributed by atoms with Gasteiger partial charge in [0, 0.05) is 31.9 Å². The predicted molar refractivity (Wildman–Crippen MR) is 122 cm³/mol. The van der Waals surface area contributed by atoms with Crippen LogP contribution in [0.4, 0.5) is 10.5 Å². The van der Waals surface area contributed by atoms with E-state index < -0.39 is 12.2 Å². The SMILES string of the molecule is CC.CC.NC(=O)OC(CC(=O)N1CCN(c2ccccc2)CC1)c1ccccc1. The largest absolute Gasteiger partial charge is 0.441 e. The van der Waals surface area contributed by atoms with Gasteiger partial charge in [-0.3, -0.25) is 4.79 Å². The maximum Gasteiger partial charge on any atom is 0.405 e. The Kier molecular flexibility index (Phi) is 11.7. The van der Waals surface area contributed by atoms with E-state index in [-0.39, 0.29) is 12.3 Å². The zero-order chi connectivity index (χ0) is 22.4. The Hall–Kier alpha value is -3.02. The Morgan fingerprint density at radius 2 is 1.37 bits per heavy atom. The minimum absolute atomic E-state index is 0.0344. The second-order valence-electron chi connectivity index (χ2n) is 6.24. The summed E-state index contributed by atoms with van der Waals surface area (Å²) >= 11 is 0. The highest BCUT2D eigenvalue weighted by atomic mass is 16.6. The number of piperazine rings is 1. The van der Waals surface area contributed by atoms with Crippen LogP contribution in [-0.4, -0.2) is 43.1 Å². The van der Waals surface area contributed by atoms with Crippen molar-refractivity contribution in [2.45, 2.75) is 40.2 Å². The molecule has 0 aliphatic carbocycles. The van der Waals surface area contributed by atoms with Crippen LogP contribution in [0.5, 0.6) is 0 Å². The zero-order valence-electron chi connectivity index (χ0n) is 18.6. The molecule has 2 amide bonds. The third-order valence-corrected chi connectivity index (χ3v) is 4.54. The lowest BCUT2D eigenvalue weighted by atomic mass is 10.1. The first-order valence-electron chi connectivity index (χ1n) is 10.7. The summed E-state index contributed by atoms with van der Waals surface area (Å²) in [6, 6.07) is 19.4. The molecule has 2 N–H and O–H groups in total. The van der Waals surface area contributed by atoms with Gasteiger partial charge in [-0.05, 0) is 17.7 Å². The van der Waals surface area contributed by atoms with Gasteiger partial charge >= 0.3 is 6.09 Å². The molecule has 0 saturated carbocycles. The summed E-state index contributed by atoms with van der Waals surface area (Å²) in [5.74, 6) is -0.0344. The molecular formula is C24H35N3O3. The zero-order valence-corrected chi connectivity index (χ0v) is 18.6. The highest BCUT2D eigenvalue weighted by Gasteiger charge is 2.26. The van der Waals surface area contributed by atoms with Gasteiger partial charge in [0.05, 0.1) is 6.42 Å². The Morgan fingerprint density at radius 1 is 0.867 bits per heavy atom. The molecular weight excluding hydrogens is 378 g/mol. The number of hydrogen-bond acceptors (Lipinski definition) is 4. The van der Waals surface area contributed by atoms with E-state index in [1.54, 1.807) is 0 Å². The van der Waals surface area contributed by atoms with Crippen molar-refractivity contribution in [1.82, 2.24) is 4.90 Å². The number of carbonyl (C=O) groups excluding carboxylic acids is 2. The van der Waals surface area contributed by atoms with E-state index >= 15 is 0 Å². The molecule has 1 atom stereocenters. The summed E-state index contributed by atoms with van der Waals surface area (Å²) in [5.41, 5.74) is 7.11. The molecule has 6 heteroatoms. The highest BCUT2D eigenvalue weighted by Crippen LogP contribution is 2.23. The van der Waals surface area contributed by atoms with E-state index in [4.69, 9.17) is 10.5 Å². The molecule has 3 rings (SSSR count). The topological polar surface area (TPSA) is 75.9 Å². The van der Waals surface area contributed by atoms with Gasteiger partial charge in [-0.25, -0.2) is 4.79 Å². The molecule has 0 aromatic heterocycles. The van der Waals surface area contributed by atoms with Crippen LogP contribution in [0.3, 0.4) is 0 Å². The van der Waals surface area contributed by atoms with Crippen LogP contribution in [0, 0.1) is 0 Å². The average Bonchev–Trinajstić information content (AvgIpc) is 2.82. The van der Waals surface area contributed by atoms with Gasteiger partial charge in [0.25, 0.3) is 0 Å². The van der Waals surface area contributed by atoms with Crippen molar-refractivity contribution in [3.8, 4) is 0 Å². The van der Waals surface area contributed by atoms with Crippen molar-refractivity contribution in [2.75, 3.05) is 31.1 Å². The Morgan fingerprint density at radius 3 is 1.87 bits per heavy atom. The Labute approximate surface area is 180 Å². The van der Waals surface area contributed by atoms with E-state index in [1.165, 1.54) is 5.69 Å². The predicted octanol–water partition coefficient (Wildman–Crippen LogP) is 4.61. The maximum absolute atomic E-state index is 12.7. The molecule has 0 bridgehead atoms. The molecule has 0 spiro atoms. The lowest BCUT2D eigenvalue weighted by Gasteiger charge is -2.36. The first kappa shape index (κ1) is 25.0. The van der Waals surface area contributed by atoms with Crippen LogP contribution in [-0.2, 0) is 9.53 Å². The number of rotatable bonds is 5. The van der Waals surface area contributed by atoms with Crippen molar-refractivity contribution < 1.29 is 14.3 Å². The normalized spacial score (nSPS) is 13.7. The van der Waals surface area contributed by atoms with E-state index in [9.17, 15) is 9.59 Å². The van der Waals surface area contributed by atoms with Gasteiger partial charge in [0.1, 0.15) is 6.10 Å². The number of ether oxygens (including phenoxy) is 1. The summed E-state index contributed by atoms with van der Waals surface area (Å²) in [4.78, 5) is 28.0. The third-order valence-electron chi connectivity index (χ3n) is 4.54. The molecule has 0 radical (unpaired) electrons. The van der Waals surface area contributed by atoms with Crippen molar-refractivity contribution >= 4 is 17.7 Å². The van der Waals surface area contributed by atoms with Gasteiger partial charge in [-0.1, -0.05) is 76.2 Å². The average molecular weight is 414 g/mol. The molecule has 164 valence electrons. The minimum atomic E-state index is -0.874. The smallest absolute Gasteiger partial charge is 0.405 e. The maximum atomic E-state index is 12.7. The second-order valence-corrected chi connectivity index (χ2v) is 6.24. The number of anilines is 1. The van der Waals surface area contributed by atoms with Gasteiger partial charge in [-0.2, -0.15) is 0 Å². The molecule has 30 heavy (non-hydrogen) atoms. The van der Waals surface area contributed by atoms with E-state index in [0.29, 0.717) is 13.1 Å². The molecule has 2 aromatic rings. The molecule has 1 saturated heterocycles. The van der Waals surface area contributed by atoms with Crippen LogP contribution >= 0.6 is 0 Å². The molecule has 6 nitrogen and oxygen atoms in total. The van der Waals surface area contributed by atoms with Crippen molar-refractivity contribution in [1.29, 1.82) is 0 Å². The van der Waals surface area contributed by atoms with E-state index in [2.05, 4.69) is 17.0 Å². The minimum Gasteiger partial charge on any atom is -0.441 e. The number of nitrogens with two attached hydrogens (primary N) is 1. The summed E-state index contributed by atoms with van der Waals surface area (Å²) in [6.07, 6.45) is -1.44. The molecule has 1 unspecified atom stereocenters. The van der Waals surface area contributed by atoms with Gasteiger partial charge in [0.15, 0.2) is 0 Å². The molecule has 1 aliphatic rings. The Balaban J connectivity index is 0.00000106. The van der Waals surface area contributed by atoms with Crippen LogP contribution in [0.2, 0.25) is 0 Å². The molecule has 1 fully saturated rings. The van der Waals surface area contributed by atoms with E-state index in [0.717, 1.165) is 18.7 Å². The fourth-order valence-corrected chi connectivity index (χ4v) is 3.18. The van der Waals surface area contributed by atoms with Crippen molar-refractivity contribution in [3.05, 3.63) is 66.2 Å². The lowest BCUT2D eigenvalue weighted by molar-refractivity contribution is -0.133. The summed E-state index contributed by atoms with van der Waals surface area (Å²) in [5, 5.41) is 0. The number of hydrogen-bond donors (Lipinski definition) is 1. The summed E-state index contributed by atoms with van der Waals surface area (Å²) in [6.45, 7) is 10.8. The lowest BCUT2D eigenvalue weighted by Crippen LogP contribution is -2.49. The fourth-order valence-electron chi connectivity index (χ4n) is 3.18. The van der Waals surface area contributed by atoms with Crippen LogP contribution in [0.25, 0.3) is 0 Å². The summed E-state index contributed by atoms with van der Waals surface area (Å²) in [7, 11) is 0. The third kappa shape index (κ3) is 7.78.